The van der Waals surface area contributed by atoms with E-state index in [0.717, 1.165) is 6.07 Å². The van der Waals surface area contributed by atoms with Crippen molar-refractivity contribution in [2.75, 3.05) is 0 Å². The third-order valence-electron chi connectivity index (χ3n) is 1.62. The van der Waals surface area contributed by atoms with E-state index in [1.807, 2.05) is 0 Å². The SMILES string of the molecule is N#CCc1cc([N+](=O)[O-])cc(C(F)(F)F)n1. The van der Waals surface area contributed by atoms with E-state index in [1.165, 1.54) is 0 Å². The van der Waals surface area contributed by atoms with Crippen molar-refractivity contribution in [3.05, 3.63) is 33.6 Å². The van der Waals surface area contributed by atoms with Gasteiger partial charge in [-0.3, -0.25) is 10.1 Å². The highest BCUT2D eigenvalue weighted by atomic mass is 19.4. The topological polar surface area (TPSA) is 79.8 Å². The lowest BCUT2D eigenvalue weighted by molar-refractivity contribution is -0.385. The van der Waals surface area contributed by atoms with Crippen molar-refractivity contribution in [1.82, 2.24) is 4.98 Å². The zero-order valence-corrected chi connectivity index (χ0v) is 7.65. The Labute approximate surface area is 87.3 Å². The van der Waals surface area contributed by atoms with Crippen LogP contribution in [0.15, 0.2) is 12.1 Å². The van der Waals surface area contributed by atoms with Gasteiger partial charge in [0.05, 0.1) is 23.1 Å². The summed E-state index contributed by atoms with van der Waals surface area (Å²) >= 11 is 0. The molecule has 5 nitrogen and oxygen atoms in total. The van der Waals surface area contributed by atoms with Crippen molar-refractivity contribution in [3.8, 4) is 6.07 Å². The van der Waals surface area contributed by atoms with Gasteiger partial charge in [-0.15, -0.1) is 0 Å². The molecule has 0 saturated carbocycles. The summed E-state index contributed by atoms with van der Waals surface area (Å²) in [5.74, 6) is 0. The highest BCUT2D eigenvalue weighted by Gasteiger charge is 2.34. The van der Waals surface area contributed by atoms with E-state index in [4.69, 9.17) is 5.26 Å². The van der Waals surface area contributed by atoms with E-state index >= 15 is 0 Å². The molecule has 0 aliphatic heterocycles. The molecule has 0 spiro atoms. The number of nitriles is 1. The van der Waals surface area contributed by atoms with Gasteiger partial charge in [-0.05, 0) is 0 Å². The van der Waals surface area contributed by atoms with Gasteiger partial charge in [-0.1, -0.05) is 0 Å². The fourth-order valence-electron chi connectivity index (χ4n) is 0.994. The van der Waals surface area contributed by atoms with Crippen molar-refractivity contribution in [3.63, 3.8) is 0 Å². The first-order valence-electron chi connectivity index (χ1n) is 3.94. The summed E-state index contributed by atoms with van der Waals surface area (Å²) in [6.07, 6.45) is -5.18. The average molecular weight is 231 g/mol. The number of aromatic nitrogens is 1. The minimum atomic E-state index is -4.77. The van der Waals surface area contributed by atoms with Gasteiger partial charge in [0.25, 0.3) is 5.69 Å². The van der Waals surface area contributed by atoms with Crippen LogP contribution >= 0.6 is 0 Å². The average Bonchev–Trinajstić information content (AvgIpc) is 2.16. The van der Waals surface area contributed by atoms with Gasteiger partial charge in [-0.25, -0.2) is 4.98 Å². The van der Waals surface area contributed by atoms with E-state index in [1.54, 1.807) is 6.07 Å². The predicted molar refractivity (Wildman–Crippen MR) is 45.2 cm³/mol. The molecule has 1 rings (SSSR count). The Kier molecular flexibility index (Phi) is 3.08. The molecule has 84 valence electrons. The van der Waals surface area contributed by atoms with E-state index in [2.05, 4.69) is 4.98 Å². The lowest BCUT2D eigenvalue weighted by Gasteiger charge is -2.06. The Bertz CT molecular complexity index is 465. The third-order valence-corrected chi connectivity index (χ3v) is 1.62. The second kappa shape index (κ2) is 4.14. The first-order valence-corrected chi connectivity index (χ1v) is 3.94. The van der Waals surface area contributed by atoms with Crippen LogP contribution < -0.4 is 0 Å². The molecule has 0 aromatic carbocycles. The van der Waals surface area contributed by atoms with E-state index in [9.17, 15) is 23.3 Å². The summed E-state index contributed by atoms with van der Waals surface area (Å²) in [6.45, 7) is 0. The normalized spacial score (nSPS) is 10.9. The van der Waals surface area contributed by atoms with Crippen LogP contribution in [-0.2, 0) is 12.6 Å². The Morgan fingerprint density at radius 3 is 2.56 bits per heavy atom. The summed E-state index contributed by atoms with van der Waals surface area (Å²) in [4.78, 5) is 12.5. The number of nitro groups is 1. The molecular weight excluding hydrogens is 227 g/mol. The van der Waals surface area contributed by atoms with E-state index < -0.39 is 28.9 Å². The van der Waals surface area contributed by atoms with Crippen LogP contribution in [0.25, 0.3) is 0 Å². The highest BCUT2D eigenvalue weighted by molar-refractivity contribution is 5.35. The fourth-order valence-corrected chi connectivity index (χ4v) is 0.994. The van der Waals surface area contributed by atoms with Crippen molar-refractivity contribution in [2.45, 2.75) is 12.6 Å². The number of hydrogen-bond donors (Lipinski definition) is 0. The van der Waals surface area contributed by atoms with Crippen molar-refractivity contribution in [1.29, 1.82) is 5.26 Å². The number of halogens is 3. The van der Waals surface area contributed by atoms with Gasteiger partial charge < -0.3 is 0 Å². The largest absolute Gasteiger partial charge is 0.433 e. The molecule has 1 aromatic heterocycles. The minimum Gasteiger partial charge on any atom is -0.258 e. The highest BCUT2D eigenvalue weighted by Crippen LogP contribution is 2.30. The first-order chi connectivity index (χ1) is 7.34. The maximum absolute atomic E-state index is 12.3. The minimum absolute atomic E-state index is 0.274. The molecule has 0 aliphatic carbocycles. The van der Waals surface area contributed by atoms with Gasteiger partial charge >= 0.3 is 6.18 Å². The molecule has 0 fully saturated rings. The van der Waals surface area contributed by atoms with Crippen LogP contribution in [0.1, 0.15) is 11.4 Å². The van der Waals surface area contributed by atoms with E-state index in [-0.39, 0.29) is 5.69 Å². The number of hydrogen-bond acceptors (Lipinski definition) is 4. The molecule has 0 unspecified atom stereocenters. The van der Waals surface area contributed by atoms with Crippen LogP contribution in [0.2, 0.25) is 0 Å². The molecule has 8 heteroatoms. The lowest BCUT2D eigenvalue weighted by Crippen LogP contribution is -2.10. The Hall–Kier alpha value is -2.17. The quantitative estimate of drug-likeness (QED) is 0.576. The molecule has 16 heavy (non-hydrogen) atoms. The first kappa shape index (κ1) is 11.9. The van der Waals surface area contributed by atoms with Gasteiger partial charge in [0.15, 0.2) is 5.69 Å². The molecule has 0 amide bonds. The maximum atomic E-state index is 12.3. The second-order valence-corrected chi connectivity index (χ2v) is 2.79. The summed E-state index contributed by atoms with van der Waals surface area (Å²) in [6, 6.07) is 2.76. The maximum Gasteiger partial charge on any atom is 0.433 e. The zero-order chi connectivity index (χ0) is 12.3. The Morgan fingerprint density at radius 1 is 1.50 bits per heavy atom. The van der Waals surface area contributed by atoms with Crippen LogP contribution in [0, 0.1) is 21.4 Å². The van der Waals surface area contributed by atoms with Crippen molar-refractivity contribution in [2.24, 2.45) is 0 Å². The predicted octanol–water partition coefficient (Wildman–Crippen LogP) is 2.07. The summed E-state index contributed by atoms with van der Waals surface area (Å²) < 4.78 is 36.9. The number of alkyl halides is 3. The second-order valence-electron chi connectivity index (χ2n) is 2.79. The molecule has 0 N–H and O–H groups in total. The van der Waals surface area contributed by atoms with Crippen LogP contribution in [0.4, 0.5) is 18.9 Å². The van der Waals surface area contributed by atoms with Gasteiger partial charge in [0.1, 0.15) is 0 Å². The monoisotopic (exact) mass is 231 g/mol. The van der Waals surface area contributed by atoms with Crippen LogP contribution in [-0.4, -0.2) is 9.91 Å². The lowest BCUT2D eigenvalue weighted by atomic mass is 10.2. The van der Waals surface area contributed by atoms with Gasteiger partial charge in [-0.2, -0.15) is 18.4 Å². The standard InChI is InChI=1S/C8H4F3N3O2/c9-8(10,11)7-4-6(14(15)16)3-5(13-7)1-2-12/h3-4H,1H2. The molecule has 1 aromatic rings. The van der Waals surface area contributed by atoms with E-state index in [0.29, 0.717) is 6.07 Å². The van der Waals surface area contributed by atoms with Crippen LogP contribution in [0.3, 0.4) is 0 Å². The number of nitrogens with zero attached hydrogens (tertiary/aromatic N) is 3. The Balaban J connectivity index is 3.31. The fraction of sp³-hybridized carbons (Fsp3) is 0.250. The smallest absolute Gasteiger partial charge is 0.258 e. The Morgan fingerprint density at radius 2 is 2.12 bits per heavy atom. The third kappa shape index (κ3) is 2.66. The van der Waals surface area contributed by atoms with Gasteiger partial charge in [0.2, 0.25) is 0 Å². The van der Waals surface area contributed by atoms with Crippen molar-refractivity contribution < 1.29 is 18.1 Å². The molecule has 0 bridgehead atoms. The summed E-state index contributed by atoms with van der Waals surface area (Å²) in [5.41, 5.74) is -2.37. The number of pyridine rings is 1. The molecular formula is C8H4F3N3O2. The molecule has 0 saturated heterocycles. The molecule has 1 heterocycles. The van der Waals surface area contributed by atoms with Gasteiger partial charge in [0, 0.05) is 12.1 Å². The van der Waals surface area contributed by atoms with Crippen molar-refractivity contribution >= 4 is 5.69 Å². The summed E-state index contributed by atoms with van der Waals surface area (Å²) in [5, 5.41) is 18.7. The molecule has 0 aliphatic rings. The zero-order valence-electron chi connectivity index (χ0n) is 7.65. The summed E-state index contributed by atoms with van der Waals surface area (Å²) in [7, 11) is 0. The number of rotatable bonds is 2. The molecule has 0 radical (unpaired) electrons. The van der Waals surface area contributed by atoms with Crippen LogP contribution in [0.5, 0.6) is 0 Å². The molecule has 0 atom stereocenters.